The summed E-state index contributed by atoms with van der Waals surface area (Å²) in [6.07, 6.45) is 3.42. The van der Waals surface area contributed by atoms with Gasteiger partial charge in [0, 0.05) is 49.0 Å². The lowest BCUT2D eigenvalue weighted by Gasteiger charge is -2.32. The number of nitrogens with zero attached hydrogens (tertiary/aromatic N) is 4. The Bertz CT molecular complexity index is 1210. The number of carbonyl (C=O) groups is 2. The van der Waals surface area contributed by atoms with Crippen molar-refractivity contribution in [1.29, 1.82) is 0 Å². The maximum atomic E-state index is 12.9. The van der Waals surface area contributed by atoms with Crippen LogP contribution in [0.25, 0.3) is 11.0 Å². The van der Waals surface area contributed by atoms with E-state index in [2.05, 4.69) is 29.6 Å². The van der Waals surface area contributed by atoms with Crippen molar-refractivity contribution < 1.29 is 9.59 Å². The Morgan fingerprint density at radius 1 is 1.17 bits per heavy atom. The quantitative estimate of drug-likeness (QED) is 0.479. The third-order valence-corrected chi connectivity index (χ3v) is 6.81. The van der Waals surface area contributed by atoms with Crippen molar-refractivity contribution in [3.05, 3.63) is 52.8 Å². The van der Waals surface area contributed by atoms with Gasteiger partial charge in [-0.05, 0) is 50.3 Å². The highest BCUT2D eigenvalue weighted by atomic mass is 16.2. The lowest BCUT2D eigenvalue weighted by molar-refractivity contribution is 0.0951. The second-order valence-corrected chi connectivity index (χ2v) is 9.45. The Morgan fingerprint density at radius 3 is 2.46 bits per heavy atom. The zero-order valence-electron chi connectivity index (χ0n) is 21.0. The number of aryl methyl sites for hydroxylation is 2. The molecule has 0 radical (unpaired) electrons. The number of anilines is 1. The molecule has 3 amide bonds. The number of amides is 3. The maximum absolute atomic E-state index is 12.9. The van der Waals surface area contributed by atoms with Gasteiger partial charge in [0.25, 0.3) is 5.91 Å². The fourth-order valence-electron chi connectivity index (χ4n) is 4.59. The summed E-state index contributed by atoms with van der Waals surface area (Å²) in [7, 11) is 0. The van der Waals surface area contributed by atoms with Crippen LogP contribution in [0, 0.1) is 6.92 Å². The number of nitrogens with two attached hydrogens (primary N) is 1. The van der Waals surface area contributed by atoms with Gasteiger partial charge in [-0.2, -0.15) is 5.10 Å². The zero-order valence-corrected chi connectivity index (χ0v) is 21.0. The van der Waals surface area contributed by atoms with Crippen molar-refractivity contribution in [2.45, 2.75) is 65.6 Å². The highest BCUT2D eigenvalue weighted by Gasteiger charge is 2.24. The van der Waals surface area contributed by atoms with E-state index < -0.39 is 0 Å². The van der Waals surface area contributed by atoms with Crippen LogP contribution >= 0.6 is 0 Å². The lowest BCUT2D eigenvalue weighted by Crippen LogP contribution is -2.44. The molecule has 0 unspecified atom stereocenters. The average molecular weight is 478 g/mol. The highest BCUT2D eigenvalue weighted by molar-refractivity contribution is 5.95. The summed E-state index contributed by atoms with van der Waals surface area (Å²) in [5.41, 5.74) is 10.8. The minimum absolute atomic E-state index is 0.121. The average Bonchev–Trinajstić information content (AvgIpc) is 3.26. The maximum Gasteiger partial charge on any atom is 0.314 e. The van der Waals surface area contributed by atoms with Crippen LogP contribution in [0.2, 0.25) is 0 Å². The molecule has 0 aliphatic carbocycles. The molecule has 186 valence electrons. The molecule has 0 spiro atoms. The molecule has 1 aliphatic rings. The summed E-state index contributed by atoms with van der Waals surface area (Å²) in [6, 6.07) is 7.55. The number of fused-ring (bicyclic) bond motifs is 1. The molecular formula is C26H35N7O2. The van der Waals surface area contributed by atoms with Crippen molar-refractivity contribution in [2.75, 3.05) is 18.4 Å². The van der Waals surface area contributed by atoms with Crippen LogP contribution in [0.1, 0.15) is 66.7 Å². The van der Waals surface area contributed by atoms with E-state index in [-0.39, 0.29) is 18.0 Å². The molecule has 9 nitrogen and oxygen atoms in total. The number of rotatable bonds is 7. The molecule has 1 aromatic carbocycles. The molecule has 4 rings (SSSR count). The third-order valence-electron chi connectivity index (χ3n) is 6.81. The summed E-state index contributed by atoms with van der Waals surface area (Å²) < 4.78 is 1.88. The first-order chi connectivity index (χ1) is 16.8. The predicted octanol–water partition coefficient (Wildman–Crippen LogP) is 3.77. The molecule has 1 aliphatic heterocycles. The van der Waals surface area contributed by atoms with Crippen molar-refractivity contribution in [3.63, 3.8) is 0 Å². The van der Waals surface area contributed by atoms with E-state index in [1.54, 1.807) is 4.90 Å². The van der Waals surface area contributed by atoms with E-state index in [0.29, 0.717) is 31.1 Å². The van der Waals surface area contributed by atoms with Crippen LogP contribution in [-0.4, -0.2) is 50.7 Å². The molecule has 2 aromatic heterocycles. The van der Waals surface area contributed by atoms with E-state index in [1.165, 1.54) is 5.56 Å². The van der Waals surface area contributed by atoms with Crippen LogP contribution in [0.4, 0.5) is 10.5 Å². The minimum Gasteiger partial charge on any atom is -0.381 e. The first kappa shape index (κ1) is 24.5. The van der Waals surface area contributed by atoms with Gasteiger partial charge in [-0.3, -0.25) is 4.79 Å². The molecule has 0 atom stereocenters. The molecule has 4 N–H and O–H groups in total. The summed E-state index contributed by atoms with van der Waals surface area (Å²) in [4.78, 5) is 30.9. The Kier molecular flexibility index (Phi) is 7.23. The summed E-state index contributed by atoms with van der Waals surface area (Å²) in [6.45, 7) is 10.6. The number of carbonyl (C=O) groups excluding carboxylic acids is 2. The number of hydrogen-bond acceptors (Lipinski definition) is 5. The van der Waals surface area contributed by atoms with Gasteiger partial charge < -0.3 is 21.3 Å². The van der Waals surface area contributed by atoms with Crippen molar-refractivity contribution >= 4 is 28.7 Å². The van der Waals surface area contributed by atoms with Gasteiger partial charge in [-0.1, -0.05) is 26.0 Å². The molecule has 0 saturated carbocycles. The second kappa shape index (κ2) is 10.3. The lowest BCUT2D eigenvalue weighted by atomic mass is 10.0. The number of primary amides is 1. The topological polar surface area (TPSA) is 118 Å². The first-order valence-electron chi connectivity index (χ1n) is 12.3. The van der Waals surface area contributed by atoms with E-state index in [9.17, 15) is 9.59 Å². The molecule has 35 heavy (non-hydrogen) atoms. The first-order valence-corrected chi connectivity index (χ1v) is 12.3. The molecule has 3 aromatic rings. The fraction of sp³-hybridized carbons (Fsp3) is 0.462. The summed E-state index contributed by atoms with van der Waals surface area (Å²) in [5.74, 6) is 0.296. The van der Waals surface area contributed by atoms with Gasteiger partial charge in [0.15, 0.2) is 5.65 Å². The van der Waals surface area contributed by atoms with Gasteiger partial charge in [0.1, 0.15) is 0 Å². The standard InChI is InChI=1S/C26H35N7O2/c1-5-33-24-22(15-29-33)23(31-20-10-12-32(13-11-20)26(27)35)21(17(4)30-24)14-28-25(34)19-8-6-18(7-9-19)16(2)3/h6-9,15-16,20H,5,10-14H2,1-4H3,(H2,27,35)(H,28,34)(H,30,31). The zero-order chi connectivity index (χ0) is 25.1. The Morgan fingerprint density at radius 2 is 1.86 bits per heavy atom. The number of piperidine rings is 1. The number of urea groups is 1. The van der Waals surface area contributed by atoms with Crippen LogP contribution in [-0.2, 0) is 13.1 Å². The van der Waals surface area contributed by atoms with Crippen LogP contribution in [0.15, 0.2) is 30.5 Å². The summed E-state index contributed by atoms with van der Waals surface area (Å²) >= 11 is 0. The van der Waals surface area contributed by atoms with E-state index in [0.717, 1.165) is 47.4 Å². The number of pyridine rings is 1. The van der Waals surface area contributed by atoms with Gasteiger partial charge in [-0.25, -0.2) is 14.5 Å². The number of likely N-dealkylation sites (tertiary alicyclic amines) is 1. The van der Waals surface area contributed by atoms with Crippen molar-refractivity contribution in [1.82, 2.24) is 25.0 Å². The van der Waals surface area contributed by atoms with E-state index >= 15 is 0 Å². The number of benzene rings is 1. The number of aromatic nitrogens is 3. The predicted molar refractivity (Wildman–Crippen MR) is 137 cm³/mol. The Hall–Kier alpha value is -3.62. The smallest absolute Gasteiger partial charge is 0.314 e. The molecule has 1 saturated heterocycles. The largest absolute Gasteiger partial charge is 0.381 e. The second-order valence-electron chi connectivity index (χ2n) is 9.45. The van der Waals surface area contributed by atoms with Gasteiger partial charge in [-0.15, -0.1) is 0 Å². The molecule has 9 heteroatoms. The third kappa shape index (κ3) is 5.23. The van der Waals surface area contributed by atoms with Crippen molar-refractivity contribution in [3.8, 4) is 0 Å². The minimum atomic E-state index is -0.375. The molecule has 0 bridgehead atoms. The Labute approximate surface area is 206 Å². The molecule has 3 heterocycles. The highest BCUT2D eigenvalue weighted by Crippen LogP contribution is 2.31. The van der Waals surface area contributed by atoms with E-state index in [1.807, 2.05) is 49.0 Å². The normalized spacial score (nSPS) is 14.5. The molecular weight excluding hydrogens is 442 g/mol. The SMILES string of the molecule is CCn1ncc2c(NC3CCN(C(N)=O)CC3)c(CNC(=O)c3ccc(C(C)C)cc3)c(C)nc21. The number of nitrogens with one attached hydrogen (secondary N) is 2. The van der Waals surface area contributed by atoms with E-state index in [4.69, 9.17) is 10.7 Å². The monoisotopic (exact) mass is 477 g/mol. The Balaban J connectivity index is 1.58. The van der Waals surface area contributed by atoms with Gasteiger partial charge in [0.05, 0.1) is 17.3 Å². The molecule has 1 fully saturated rings. The summed E-state index contributed by atoms with van der Waals surface area (Å²) in [5, 5.41) is 12.2. The van der Waals surface area contributed by atoms with Gasteiger partial charge in [0.2, 0.25) is 0 Å². The van der Waals surface area contributed by atoms with Crippen LogP contribution in [0.5, 0.6) is 0 Å². The number of hydrogen-bond donors (Lipinski definition) is 3. The van der Waals surface area contributed by atoms with Gasteiger partial charge >= 0.3 is 6.03 Å². The van der Waals surface area contributed by atoms with Crippen LogP contribution in [0.3, 0.4) is 0 Å². The van der Waals surface area contributed by atoms with Crippen LogP contribution < -0.4 is 16.4 Å². The fourth-order valence-corrected chi connectivity index (χ4v) is 4.59. The van der Waals surface area contributed by atoms with Crippen molar-refractivity contribution in [2.24, 2.45) is 5.73 Å².